The van der Waals surface area contributed by atoms with Crippen molar-refractivity contribution in [2.75, 3.05) is 26.9 Å². The molecule has 0 aliphatic rings. The lowest BCUT2D eigenvalue weighted by atomic mass is 10.0. The van der Waals surface area contributed by atoms with E-state index in [2.05, 4.69) is 26.0 Å². The minimum absolute atomic E-state index is 0.607. The van der Waals surface area contributed by atoms with Crippen LogP contribution in [0.4, 0.5) is 0 Å². The third-order valence-electron chi connectivity index (χ3n) is 3.67. The average Bonchev–Trinajstić information content (AvgIpc) is 2.49. The van der Waals surface area contributed by atoms with Gasteiger partial charge in [0.25, 0.3) is 0 Å². The van der Waals surface area contributed by atoms with Crippen LogP contribution < -0.4 is 4.74 Å². The van der Waals surface area contributed by atoms with Crippen LogP contribution in [0.1, 0.15) is 37.5 Å². The Morgan fingerprint density at radius 1 is 0.864 bits per heavy atom. The third-order valence-corrected chi connectivity index (χ3v) is 6.72. The second-order valence-electron chi connectivity index (χ2n) is 5.19. The molecule has 0 aliphatic heterocycles. The van der Waals surface area contributed by atoms with E-state index >= 15 is 0 Å². The molecule has 0 atom stereocenters. The zero-order chi connectivity index (χ0) is 16.6. The SMILES string of the molecule is CCO[Si](CCc1c(C)ccc(C)c1OC)(OCC)OCC. The maximum Gasteiger partial charge on any atom is 0.501 e. The number of aryl methyl sites for hydroxylation is 2. The minimum Gasteiger partial charge on any atom is -0.496 e. The van der Waals surface area contributed by atoms with E-state index in [9.17, 15) is 0 Å². The predicted molar refractivity (Wildman–Crippen MR) is 91.6 cm³/mol. The average molecular weight is 327 g/mol. The van der Waals surface area contributed by atoms with Crippen LogP contribution in [0.25, 0.3) is 0 Å². The summed E-state index contributed by atoms with van der Waals surface area (Å²) in [6.07, 6.45) is 0.836. The van der Waals surface area contributed by atoms with Crippen LogP contribution >= 0.6 is 0 Å². The Kier molecular flexibility index (Phi) is 8.10. The molecule has 1 rings (SSSR count). The molecule has 0 saturated heterocycles. The van der Waals surface area contributed by atoms with Crippen LogP contribution in [-0.2, 0) is 19.7 Å². The Morgan fingerprint density at radius 3 is 1.82 bits per heavy atom. The molecule has 5 heteroatoms. The van der Waals surface area contributed by atoms with Gasteiger partial charge in [0.2, 0.25) is 0 Å². The summed E-state index contributed by atoms with van der Waals surface area (Å²) in [5.74, 6) is 0.965. The quantitative estimate of drug-likeness (QED) is 0.611. The van der Waals surface area contributed by atoms with Gasteiger partial charge in [0.15, 0.2) is 0 Å². The molecule has 0 fully saturated rings. The van der Waals surface area contributed by atoms with Crippen LogP contribution in [0.15, 0.2) is 12.1 Å². The molecule has 0 unspecified atom stereocenters. The highest BCUT2D eigenvalue weighted by Gasteiger charge is 2.40. The van der Waals surface area contributed by atoms with Gasteiger partial charge < -0.3 is 18.0 Å². The molecule has 1 aromatic carbocycles. The van der Waals surface area contributed by atoms with Crippen LogP contribution in [0.5, 0.6) is 5.75 Å². The fourth-order valence-electron chi connectivity index (χ4n) is 2.72. The Balaban J connectivity index is 2.99. The predicted octanol–water partition coefficient (Wildman–Crippen LogP) is 3.90. The normalized spacial score (nSPS) is 11.7. The van der Waals surface area contributed by atoms with E-state index in [0.717, 1.165) is 23.8 Å². The van der Waals surface area contributed by atoms with Crippen molar-refractivity contribution in [3.8, 4) is 5.75 Å². The molecule has 0 aromatic heterocycles. The van der Waals surface area contributed by atoms with Crippen molar-refractivity contribution in [2.45, 2.75) is 47.1 Å². The Bertz CT molecular complexity index is 445. The molecule has 0 saturated carbocycles. The van der Waals surface area contributed by atoms with E-state index in [4.69, 9.17) is 18.0 Å². The van der Waals surface area contributed by atoms with Gasteiger partial charge in [0.1, 0.15) is 5.75 Å². The molecule has 22 heavy (non-hydrogen) atoms. The van der Waals surface area contributed by atoms with Gasteiger partial charge in [-0.1, -0.05) is 12.1 Å². The van der Waals surface area contributed by atoms with Crippen LogP contribution in [0.2, 0.25) is 6.04 Å². The number of hydrogen-bond donors (Lipinski definition) is 0. The Hall–Kier alpha value is -0.883. The first-order valence-corrected chi connectivity index (χ1v) is 10.0. The van der Waals surface area contributed by atoms with Crippen molar-refractivity contribution in [3.63, 3.8) is 0 Å². The first kappa shape index (κ1) is 19.2. The lowest BCUT2D eigenvalue weighted by Crippen LogP contribution is -2.46. The summed E-state index contributed by atoms with van der Waals surface area (Å²) in [5.41, 5.74) is 3.60. The summed E-state index contributed by atoms with van der Waals surface area (Å²) < 4.78 is 23.4. The Morgan fingerprint density at radius 2 is 1.36 bits per heavy atom. The van der Waals surface area contributed by atoms with Crippen molar-refractivity contribution in [1.82, 2.24) is 0 Å². The van der Waals surface area contributed by atoms with E-state index in [1.165, 1.54) is 11.1 Å². The standard InChI is InChI=1S/C17H30O4Si/c1-7-19-22(20-8-2,21-9-3)13-12-16-14(4)10-11-15(5)17(16)18-6/h10-11H,7-9,12-13H2,1-6H3. The van der Waals surface area contributed by atoms with Gasteiger partial charge in [-0.2, -0.15) is 0 Å². The largest absolute Gasteiger partial charge is 0.501 e. The second kappa shape index (κ2) is 9.30. The maximum atomic E-state index is 5.93. The highest BCUT2D eigenvalue weighted by atomic mass is 28.4. The van der Waals surface area contributed by atoms with Crippen LogP contribution in [-0.4, -0.2) is 35.7 Å². The highest BCUT2D eigenvalue weighted by molar-refractivity contribution is 6.60. The topological polar surface area (TPSA) is 36.9 Å². The fourth-order valence-corrected chi connectivity index (χ4v) is 5.28. The molecule has 0 radical (unpaired) electrons. The fraction of sp³-hybridized carbons (Fsp3) is 0.647. The van der Waals surface area contributed by atoms with Crippen molar-refractivity contribution < 1.29 is 18.0 Å². The van der Waals surface area contributed by atoms with E-state index in [-0.39, 0.29) is 0 Å². The summed E-state index contributed by atoms with van der Waals surface area (Å²) >= 11 is 0. The summed E-state index contributed by atoms with van der Waals surface area (Å²) in [4.78, 5) is 0. The van der Waals surface area contributed by atoms with Gasteiger partial charge in [0, 0.05) is 25.9 Å². The molecule has 0 bridgehead atoms. The molecule has 0 N–H and O–H groups in total. The molecule has 0 spiro atoms. The molecular weight excluding hydrogens is 296 g/mol. The molecule has 0 aliphatic carbocycles. The van der Waals surface area contributed by atoms with E-state index in [1.807, 2.05) is 20.8 Å². The van der Waals surface area contributed by atoms with E-state index in [1.54, 1.807) is 7.11 Å². The first-order chi connectivity index (χ1) is 10.5. The second-order valence-corrected chi connectivity index (χ2v) is 7.93. The van der Waals surface area contributed by atoms with Gasteiger partial charge in [-0.15, -0.1) is 0 Å². The zero-order valence-electron chi connectivity index (χ0n) is 14.8. The van der Waals surface area contributed by atoms with Crippen molar-refractivity contribution in [3.05, 3.63) is 28.8 Å². The minimum atomic E-state index is -2.61. The Labute approximate surface area is 136 Å². The molecule has 0 heterocycles. The first-order valence-electron chi connectivity index (χ1n) is 8.08. The van der Waals surface area contributed by atoms with Gasteiger partial charge in [0.05, 0.1) is 7.11 Å². The molecule has 1 aromatic rings. The van der Waals surface area contributed by atoms with E-state index < -0.39 is 8.80 Å². The molecule has 126 valence electrons. The number of rotatable bonds is 10. The van der Waals surface area contributed by atoms with Gasteiger partial charge in [-0.3, -0.25) is 0 Å². The van der Waals surface area contributed by atoms with Gasteiger partial charge in [-0.05, 0) is 57.7 Å². The number of ether oxygens (including phenoxy) is 1. The van der Waals surface area contributed by atoms with Crippen molar-refractivity contribution >= 4 is 8.80 Å². The number of methoxy groups -OCH3 is 1. The molecule has 0 amide bonds. The lowest BCUT2D eigenvalue weighted by molar-refractivity contribution is 0.0714. The lowest BCUT2D eigenvalue weighted by Gasteiger charge is -2.29. The highest BCUT2D eigenvalue weighted by Crippen LogP contribution is 2.30. The summed E-state index contributed by atoms with van der Waals surface area (Å²) in [6, 6.07) is 5.00. The molecular formula is C17H30O4Si. The zero-order valence-corrected chi connectivity index (χ0v) is 15.8. The van der Waals surface area contributed by atoms with Gasteiger partial charge >= 0.3 is 8.80 Å². The molecule has 4 nitrogen and oxygen atoms in total. The van der Waals surface area contributed by atoms with Crippen molar-refractivity contribution in [1.29, 1.82) is 0 Å². The summed E-state index contributed by atoms with van der Waals surface area (Å²) in [5, 5.41) is 0. The van der Waals surface area contributed by atoms with Crippen molar-refractivity contribution in [2.24, 2.45) is 0 Å². The monoisotopic (exact) mass is 326 g/mol. The summed E-state index contributed by atoms with van der Waals surface area (Å²) in [6.45, 7) is 12.0. The van der Waals surface area contributed by atoms with Gasteiger partial charge in [-0.25, -0.2) is 0 Å². The maximum absolute atomic E-state index is 5.93. The third kappa shape index (κ3) is 4.81. The van der Waals surface area contributed by atoms with E-state index in [0.29, 0.717) is 19.8 Å². The summed E-state index contributed by atoms with van der Waals surface area (Å²) in [7, 11) is -0.884. The number of benzene rings is 1. The van der Waals surface area contributed by atoms with Crippen LogP contribution in [0, 0.1) is 13.8 Å². The smallest absolute Gasteiger partial charge is 0.496 e. The number of hydrogen-bond acceptors (Lipinski definition) is 4. The van der Waals surface area contributed by atoms with Crippen LogP contribution in [0.3, 0.4) is 0 Å².